The number of ketones is 1. The number of hydrogen-bond acceptors (Lipinski definition) is 6. The average Bonchev–Trinajstić information content (AvgIpc) is 2.77. The molecule has 0 radical (unpaired) electrons. The highest BCUT2D eigenvalue weighted by atomic mass is 32.2. The summed E-state index contributed by atoms with van der Waals surface area (Å²) < 4.78 is 1.60. The van der Waals surface area contributed by atoms with E-state index in [4.69, 9.17) is 5.11 Å². The molecule has 0 saturated heterocycles. The summed E-state index contributed by atoms with van der Waals surface area (Å²) in [6.07, 6.45) is 4.27. The SMILES string of the molecule is CCn1c(SCC(=O)Cc2ccc(C(=O)O)cc2)nc2nc3c(cc2c1=O)CCCC3. The van der Waals surface area contributed by atoms with Gasteiger partial charge in [0.25, 0.3) is 5.56 Å². The van der Waals surface area contributed by atoms with Gasteiger partial charge in [0.1, 0.15) is 5.78 Å². The maximum Gasteiger partial charge on any atom is 0.335 e. The van der Waals surface area contributed by atoms with E-state index in [-0.39, 0.29) is 29.1 Å². The van der Waals surface area contributed by atoms with Gasteiger partial charge in [-0.2, -0.15) is 0 Å². The number of nitrogens with zero attached hydrogens (tertiary/aromatic N) is 3. The average molecular weight is 438 g/mol. The lowest BCUT2D eigenvalue weighted by Crippen LogP contribution is -2.24. The van der Waals surface area contributed by atoms with Crippen molar-refractivity contribution in [2.24, 2.45) is 0 Å². The van der Waals surface area contributed by atoms with E-state index in [2.05, 4.69) is 9.97 Å². The molecule has 3 aromatic rings. The Balaban J connectivity index is 1.53. The Hall–Kier alpha value is -3.00. The van der Waals surface area contributed by atoms with E-state index in [0.29, 0.717) is 22.7 Å². The number of carboxylic acids is 1. The van der Waals surface area contributed by atoms with Crippen LogP contribution in [-0.2, 0) is 30.6 Å². The Morgan fingerprint density at radius 2 is 1.87 bits per heavy atom. The molecular weight excluding hydrogens is 414 g/mol. The van der Waals surface area contributed by atoms with E-state index in [1.165, 1.54) is 23.9 Å². The summed E-state index contributed by atoms with van der Waals surface area (Å²) in [5.74, 6) is -0.851. The predicted octanol–water partition coefficient (Wildman–Crippen LogP) is 3.29. The summed E-state index contributed by atoms with van der Waals surface area (Å²) in [6, 6.07) is 8.22. The lowest BCUT2D eigenvalue weighted by atomic mass is 9.95. The minimum absolute atomic E-state index is 0.0246. The van der Waals surface area contributed by atoms with Crippen molar-refractivity contribution in [3.63, 3.8) is 0 Å². The lowest BCUT2D eigenvalue weighted by molar-refractivity contribution is -0.116. The van der Waals surface area contributed by atoms with E-state index in [1.807, 2.05) is 13.0 Å². The number of fused-ring (bicyclic) bond motifs is 2. The second-order valence-electron chi connectivity index (χ2n) is 7.62. The molecule has 1 aliphatic rings. The number of hydrogen-bond donors (Lipinski definition) is 1. The van der Waals surface area contributed by atoms with Crippen molar-refractivity contribution in [2.45, 2.75) is 50.7 Å². The van der Waals surface area contributed by atoms with Gasteiger partial charge in [-0.25, -0.2) is 14.8 Å². The smallest absolute Gasteiger partial charge is 0.335 e. The van der Waals surface area contributed by atoms with Crippen LogP contribution in [0.5, 0.6) is 0 Å². The molecule has 0 fully saturated rings. The van der Waals surface area contributed by atoms with E-state index in [1.54, 1.807) is 16.7 Å². The van der Waals surface area contributed by atoms with Crippen LogP contribution in [-0.4, -0.2) is 37.1 Å². The zero-order valence-electron chi connectivity index (χ0n) is 17.3. The van der Waals surface area contributed by atoms with Crippen molar-refractivity contribution in [2.75, 3.05) is 5.75 Å². The number of aryl methyl sites for hydroxylation is 2. The van der Waals surface area contributed by atoms with Crippen LogP contribution in [0.1, 0.15) is 46.9 Å². The number of benzene rings is 1. The summed E-state index contributed by atoms with van der Waals surface area (Å²) >= 11 is 1.24. The second-order valence-corrected chi connectivity index (χ2v) is 8.56. The fourth-order valence-corrected chi connectivity index (χ4v) is 4.74. The lowest BCUT2D eigenvalue weighted by Gasteiger charge is -2.16. The van der Waals surface area contributed by atoms with Crippen LogP contribution in [0.4, 0.5) is 0 Å². The Morgan fingerprint density at radius 1 is 1.13 bits per heavy atom. The van der Waals surface area contributed by atoms with Gasteiger partial charge >= 0.3 is 5.97 Å². The monoisotopic (exact) mass is 437 g/mol. The van der Waals surface area contributed by atoms with E-state index in [9.17, 15) is 14.4 Å². The van der Waals surface area contributed by atoms with Crippen LogP contribution in [0, 0.1) is 0 Å². The molecule has 2 aromatic heterocycles. The first-order chi connectivity index (χ1) is 15.0. The topological polar surface area (TPSA) is 102 Å². The van der Waals surface area contributed by atoms with E-state index >= 15 is 0 Å². The number of aromatic nitrogens is 3. The van der Waals surface area contributed by atoms with Gasteiger partial charge in [-0.1, -0.05) is 23.9 Å². The van der Waals surface area contributed by atoms with Crippen molar-refractivity contribution >= 4 is 34.5 Å². The molecule has 8 heteroatoms. The summed E-state index contributed by atoms with van der Waals surface area (Å²) in [5, 5.41) is 10.0. The minimum Gasteiger partial charge on any atom is -0.478 e. The number of rotatable bonds is 7. The third-order valence-electron chi connectivity index (χ3n) is 5.47. The second kappa shape index (κ2) is 9.01. The van der Waals surface area contributed by atoms with Crippen LogP contribution >= 0.6 is 11.8 Å². The van der Waals surface area contributed by atoms with Crippen molar-refractivity contribution in [3.8, 4) is 0 Å². The molecule has 0 saturated carbocycles. The molecule has 4 rings (SSSR count). The molecule has 1 aromatic carbocycles. The highest BCUT2D eigenvalue weighted by Gasteiger charge is 2.18. The van der Waals surface area contributed by atoms with Gasteiger partial charge in [0.05, 0.1) is 16.7 Å². The fourth-order valence-electron chi connectivity index (χ4n) is 3.83. The first kappa shape index (κ1) is 21.2. The maximum atomic E-state index is 13.0. The number of pyridine rings is 1. The van der Waals surface area contributed by atoms with Crippen LogP contribution in [0.3, 0.4) is 0 Å². The molecule has 1 aliphatic carbocycles. The third kappa shape index (κ3) is 4.54. The van der Waals surface area contributed by atoms with E-state index < -0.39 is 5.97 Å². The van der Waals surface area contributed by atoms with Crippen LogP contribution in [0.2, 0.25) is 0 Å². The molecule has 0 aliphatic heterocycles. The van der Waals surface area contributed by atoms with Crippen molar-refractivity contribution in [1.82, 2.24) is 14.5 Å². The summed E-state index contributed by atoms with van der Waals surface area (Å²) in [4.78, 5) is 45.7. The number of aromatic carboxylic acids is 1. The highest BCUT2D eigenvalue weighted by Crippen LogP contribution is 2.24. The molecule has 0 atom stereocenters. The summed E-state index contributed by atoms with van der Waals surface area (Å²) in [7, 11) is 0. The molecule has 31 heavy (non-hydrogen) atoms. The third-order valence-corrected chi connectivity index (χ3v) is 6.51. The van der Waals surface area contributed by atoms with Gasteiger partial charge in [0.15, 0.2) is 10.8 Å². The van der Waals surface area contributed by atoms with Gasteiger partial charge in [-0.15, -0.1) is 0 Å². The number of carbonyl (C=O) groups excluding carboxylic acids is 1. The molecule has 160 valence electrons. The van der Waals surface area contributed by atoms with Crippen LogP contribution in [0.15, 0.2) is 40.3 Å². The number of carbonyl (C=O) groups is 2. The normalized spacial score (nSPS) is 13.2. The minimum atomic E-state index is -0.997. The number of thioether (sulfide) groups is 1. The van der Waals surface area contributed by atoms with Gasteiger partial charge in [0, 0.05) is 18.7 Å². The maximum absolute atomic E-state index is 13.0. The van der Waals surface area contributed by atoms with Crippen molar-refractivity contribution in [1.29, 1.82) is 0 Å². The first-order valence-corrected chi connectivity index (χ1v) is 11.3. The quantitative estimate of drug-likeness (QED) is 0.447. The standard InChI is InChI=1S/C23H23N3O4S/c1-2-26-21(28)18-12-16-5-3-4-6-19(16)24-20(18)25-23(26)31-13-17(27)11-14-7-9-15(10-8-14)22(29)30/h7-10,12H,2-6,11,13H2,1H3,(H,29,30). The van der Waals surface area contributed by atoms with E-state index in [0.717, 1.165) is 42.5 Å². The largest absolute Gasteiger partial charge is 0.478 e. The van der Waals surface area contributed by atoms with Gasteiger partial charge in [-0.3, -0.25) is 14.2 Å². The zero-order valence-corrected chi connectivity index (χ0v) is 18.1. The van der Waals surface area contributed by atoms with Crippen LogP contribution in [0.25, 0.3) is 11.0 Å². The van der Waals surface area contributed by atoms with Gasteiger partial charge in [-0.05, 0) is 61.9 Å². The predicted molar refractivity (Wildman–Crippen MR) is 119 cm³/mol. The molecular formula is C23H23N3O4S. The van der Waals surface area contributed by atoms with Gasteiger partial charge < -0.3 is 5.11 Å². The molecule has 7 nitrogen and oxygen atoms in total. The Morgan fingerprint density at radius 3 is 2.58 bits per heavy atom. The molecule has 0 amide bonds. The molecule has 0 spiro atoms. The Kier molecular flexibility index (Phi) is 6.18. The Bertz CT molecular complexity index is 1220. The molecule has 0 bridgehead atoms. The zero-order chi connectivity index (χ0) is 22.0. The fraction of sp³-hybridized carbons (Fsp3) is 0.348. The van der Waals surface area contributed by atoms with Crippen molar-refractivity contribution in [3.05, 3.63) is 63.1 Å². The Labute approximate surface area is 183 Å². The number of Topliss-reactive ketones (excluding diaryl/α,β-unsaturated/α-hetero) is 1. The summed E-state index contributed by atoms with van der Waals surface area (Å²) in [5.41, 5.74) is 3.44. The molecule has 1 N–H and O–H groups in total. The van der Waals surface area contributed by atoms with Crippen molar-refractivity contribution < 1.29 is 14.7 Å². The first-order valence-electron chi connectivity index (χ1n) is 10.4. The molecule has 0 unspecified atom stereocenters. The summed E-state index contributed by atoms with van der Waals surface area (Å²) in [6.45, 7) is 2.35. The van der Waals surface area contributed by atoms with Gasteiger partial charge in [0.2, 0.25) is 0 Å². The molecule has 2 heterocycles. The highest BCUT2D eigenvalue weighted by molar-refractivity contribution is 7.99. The van der Waals surface area contributed by atoms with Crippen LogP contribution < -0.4 is 5.56 Å². The number of carboxylic acid groups (broad SMARTS) is 1.